The van der Waals surface area contributed by atoms with Crippen LogP contribution in [-0.4, -0.2) is 35.9 Å². The largest absolute Gasteiger partial charge is 0.433 e. The van der Waals surface area contributed by atoms with Crippen LogP contribution >= 0.6 is 0 Å². The van der Waals surface area contributed by atoms with Crippen molar-refractivity contribution in [1.82, 2.24) is 15.2 Å². The molecule has 0 aliphatic heterocycles. The first-order chi connectivity index (χ1) is 14.3. The lowest BCUT2D eigenvalue weighted by Gasteiger charge is -2.24. The Kier molecular flexibility index (Phi) is 7.35. The van der Waals surface area contributed by atoms with Crippen molar-refractivity contribution in [3.63, 3.8) is 0 Å². The number of benzene rings is 1. The second kappa shape index (κ2) is 9.40. The Balaban J connectivity index is 2.10. The molecule has 0 aliphatic carbocycles. The van der Waals surface area contributed by atoms with Crippen molar-refractivity contribution in [2.24, 2.45) is 0 Å². The quantitative estimate of drug-likeness (QED) is 0.515. The highest BCUT2D eigenvalue weighted by Crippen LogP contribution is 2.29. The Morgan fingerprint density at radius 3 is 2.13 bits per heavy atom. The van der Waals surface area contributed by atoms with E-state index in [1.54, 1.807) is 6.92 Å². The van der Waals surface area contributed by atoms with E-state index in [0.717, 1.165) is 24.4 Å². The molecule has 1 aromatic carbocycles. The maximum atomic E-state index is 12.7. The predicted molar refractivity (Wildman–Crippen MR) is 104 cm³/mol. The zero-order valence-corrected chi connectivity index (χ0v) is 17.0. The highest BCUT2D eigenvalue weighted by molar-refractivity contribution is 5.94. The summed E-state index contributed by atoms with van der Waals surface area (Å²) in [6.45, 7) is 1.74. The molecule has 1 N–H and O–H groups in total. The molecule has 2 aromatic rings. The lowest BCUT2D eigenvalue weighted by atomic mass is 10.0. The lowest BCUT2D eigenvalue weighted by Crippen LogP contribution is -2.35. The number of hydrogen-bond acceptors (Lipinski definition) is 3. The zero-order valence-electron chi connectivity index (χ0n) is 17.0. The summed E-state index contributed by atoms with van der Waals surface area (Å²) in [6, 6.07) is 6.38. The molecule has 0 spiro atoms. The molecule has 168 valence electrons. The van der Waals surface area contributed by atoms with Crippen molar-refractivity contribution in [3.05, 3.63) is 71.1 Å². The summed E-state index contributed by atoms with van der Waals surface area (Å²) in [7, 11) is 3.05. The molecule has 1 unspecified atom stereocenters. The fourth-order valence-corrected chi connectivity index (χ4v) is 2.77. The van der Waals surface area contributed by atoms with Gasteiger partial charge >= 0.3 is 12.4 Å². The second-order valence-electron chi connectivity index (χ2n) is 6.93. The number of aromatic nitrogens is 1. The van der Waals surface area contributed by atoms with Crippen LogP contribution in [0, 0.1) is 0 Å². The SMILES string of the molecule is CN/C(=C\C(=O)N(C)C(C)Cc1ccc(C(F)(F)F)cc1)c1ccc(C(F)(F)F)nc1. The third-order valence-electron chi connectivity index (χ3n) is 4.72. The first kappa shape index (κ1) is 24.2. The minimum Gasteiger partial charge on any atom is -0.387 e. The normalized spacial score (nSPS) is 13.6. The van der Waals surface area contributed by atoms with Crippen LogP contribution in [0.3, 0.4) is 0 Å². The molecule has 0 saturated heterocycles. The summed E-state index contributed by atoms with van der Waals surface area (Å²) >= 11 is 0. The highest BCUT2D eigenvalue weighted by Gasteiger charge is 2.32. The maximum absolute atomic E-state index is 12.7. The number of amides is 1. The van der Waals surface area contributed by atoms with E-state index in [2.05, 4.69) is 10.3 Å². The van der Waals surface area contributed by atoms with E-state index < -0.39 is 29.5 Å². The predicted octanol–water partition coefficient (Wildman–Crippen LogP) is 4.77. The van der Waals surface area contributed by atoms with E-state index in [4.69, 9.17) is 0 Å². The van der Waals surface area contributed by atoms with E-state index in [1.165, 1.54) is 43.3 Å². The van der Waals surface area contributed by atoms with Gasteiger partial charge in [-0.3, -0.25) is 9.78 Å². The minimum absolute atomic E-state index is 0.278. The number of pyridine rings is 1. The number of nitrogens with one attached hydrogen (secondary N) is 1. The zero-order chi connectivity index (χ0) is 23.4. The summed E-state index contributed by atoms with van der Waals surface area (Å²) in [4.78, 5) is 17.4. The Morgan fingerprint density at radius 1 is 1.06 bits per heavy atom. The van der Waals surface area contributed by atoms with Crippen LogP contribution in [0.25, 0.3) is 5.70 Å². The molecule has 1 heterocycles. The summed E-state index contributed by atoms with van der Waals surface area (Å²) in [5.41, 5.74) is -0.585. The molecule has 2 rings (SSSR count). The summed E-state index contributed by atoms with van der Waals surface area (Å²) in [5.74, 6) is -0.427. The standard InChI is InChI=1S/C21H21F6N3O/c1-13(10-14-4-7-16(8-5-14)20(22,23)24)30(3)19(31)11-17(28-2)15-6-9-18(29-12-15)21(25,26)27/h4-9,11-13,28H,10H2,1-3H3/b17-11-. The number of nitrogens with zero attached hydrogens (tertiary/aromatic N) is 2. The van der Waals surface area contributed by atoms with Crippen molar-refractivity contribution >= 4 is 11.6 Å². The van der Waals surface area contributed by atoms with Gasteiger partial charge < -0.3 is 10.2 Å². The lowest BCUT2D eigenvalue weighted by molar-refractivity contribution is -0.141. The van der Waals surface area contributed by atoms with E-state index in [9.17, 15) is 31.1 Å². The smallest absolute Gasteiger partial charge is 0.387 e. The molecule has 0 aliphatic rings. The molecular formula is C21H21F6N3O. The van der Waals surface area contributed by atoms with Gasteiger partial charge in [-0.1, -0.05) is 12.1 Å². The van der Waals surface area contributed by atoms with Gasteiger partial charge in [0.25, 0.3) is 0 Å². The molecule has 4 nitrogen and oxygen atoms in total. The molecule has 0 fully saturated rings. The maximum Gasteiger partial charge on any atom is 0.433 e. The third-order valence-corrected chi connectivity index (χ3v) is 4.72. The molecule has 1 amide bonds. The van der Waals surface area contributed by atoms with Gasteiger partial charge in [-0.05, 0) is 43.2 Å². The molecule has 10 heteroatoms. The number of halogens is 6. The fourth-order valence-electron chi connectivity index (χ4n) is 2.77. The monoisotopic (exact) mass is 445 g/mol. The molecule has 0 radical (unpaired) electrons. The van der Waals surface area contributed by atoms with Crippen molar-refractivity contribution in [2.45, 2.75) is 31.7 Å². The Bertz CT molecular complexity index is 918. The van der Waals surface area contributed by atoms with Gasteiger partial charge in [0.2, 0.25) is 5.91 Å². The van der Waals surface area contributed by atoms with Gasteiger partial charge in [-0.25, -0.2) is 0 Å². The topological polar surface area (TPSA) is 45.2 Å². The van der Waals surface area contributed by atoms with Gasteiger partial charge in [-0.15, -0.1) is 0 Å². The van der Waals surface area contributed by atoms with E-state index in [-0.39, 0.29) is 11.7 Å². The van der Waals surface area contributed by atoms with Crippen LogP contribution in [0.2, 0.25) is 0 Å². The summed E-state index contributed by atoms with van der Waals surface area (Å²) < 4.78 is 76.0. The average molecular weight is 445 g/mol. The Morgan fingerprint density at radius 2 is 1.68 bits per heavy atom. The van der Waals surface area contributed by atoms with Gasteiger partial charge in [0.15, 0.2) is 0 Å². The van der Waals surface area contributed by atoms with E-state index in [0.29, 0.717) is 17.5 Å². The Labute approximate surface area is 175 Å². The first-order valence-electron chi connectivity index (χ1n) is 9.19. The molecular weight excluding hydrogens is 424 g/mol. The molecule has 31 heavy (non-hydrogen) atoms. The van der Waals surface area contributed by atoms with Gasteiger partial charge in [0.1, 0.15) is 5.69 Å². The fraction of sp³-hybridized carbons (Fsp3) is 0.333. The number of rotatable bonds is 6. The van der Waals surface area contributed by atoms with Crippen LogP contribution in [0.15, 0.2) is 48.7 Å². The summed E-state index contributed by atoms with van der Waals surface area (Å²) in [6.07, 6.45) is -6.41. The van der Waals surface area contributed by atoms with Gasteiger partial charge in [-0.2, -0.15) is 26.3 Å². The average Bonchev–Trinajstić information content (AvgIpc) is 2.70. The molecule has 1 aromatic heterocycles. The van der Waals surface area contributed by atoms with Crippen molar-refractivity contribution < 1.29 is 31.1 Å². The molecule has 0 bridgehead atoms. The first-order valence-corrected chi connectivity index (χ1v) is 9.19. The van der Waals surface area contributed by atoms with Crippen molar-refractivity contribution in [3.8, 4) is 0 Å². The Hall–Kier alpha value is -3.04. The number of hydrogen-bond donors (Lipinski definition) is 1. The number of likely N-dealkylation sites (N-methyl/N-ethyl adjacent to an activating group) is 1. The number of carbonyl (C=O) groups excluding carboxylic acids is 1. The van der Waals surface area contributed by atoms with E-state index >= 15 is 0 Å². The van der Waals surface area contributed by atoms with Crippen molar-refractivity contribution in [2.75, 3.05) is 14.1 Å². The highest BCUT2D eigenvalue weighted by atomic mass is 19.4. The molecule has 1 atom stereocenters. The van der Waals surface area contributed by atoms with Gasteiger partial charge in [0.05, 0.1) is 5.56 Å². The van der Waals surface area contributed by atoms with Crippen LogP contribution in [0.1, 0.15) is 29.3 Å². The van der Waals surface area contributed by atoms with Crippen LogP contribution in [-0.2, 0) is 23.6 Å². The van der Waals surface area contributed by atoms with Crippen molar-refractivity contribution in [1.29, 1.82) is 0 Å². The second-order valence-corrected chi connectivity index (χ2v) is 6.93. The van der Waals surface area contributed by atoms with Crippen LogP contribution in [0.4, 0.5) is 26.3 Å². The van der Waals surface area contributed by atoms with Crippen LogP contribution < -0.4 is 5.32 Å². The molecule has 0 saturated carbocycles. The van der Waals surface area contributed by atoms with E-state index in [1.807, 2.05) is 0 Å². The number of alkyl halides is 6. The minimum atomic E-state index is -4.56. The summed E-state index contributed by atoms with van der Waals surface area (Å²) in [5, 5.41) is 2.76. The third kappa shape index (κ3) is 6.47. The van der Waals surface area contributed by atoms with Gasteiger partial charge in [0, 0.05) is 43.7 Å². The van der Waals surface area contributed by atoms with Crippen LogP contribution in [0.5, 0.6) is 0 Å². The number of carbonyl (C=O) groups is 1.